The van der Waals surface area contributed by atoms with Gasteiger partial charge in [0.1, 0.15) is 17.0 Å². The third-order valence-electron chi connectivity index (χ3n) is 3.88. The predicted molar refractivity (Wildman–Crippen MR) is 89.1 cm³/mol. The molecule has 0 fully saturated rings. The molecular formula is C17H17F2N5. The zero-order valence-electron chi connectivity index (χ0n) is 13.3. The fourth-order valence-corrected chi connectivity index (χ4v) is 2.88. The topological polar surface area (TPSA) is 90.7 Å². The first-order valence-corrected chi connectivity index (χ1v) is 7.51. The van der Waals surface area contributed by atoms with Gasteiger partial charge in [-0.25, -0.2) is 18.7 Å². The molecule has 2 aromatic heterocycles. The van der Waals surface area contributed by atoms with Crippen molar-refractivity contribution >= 4 is 16.9 Å². The number of hydrogen-bond donors (Lipinski definition) is 2. The smallest absolute Gasteiger partial charge is 0.220 e. The lowest BCUT2D eigenvalue weighted by Gasteiger charge is -2.16. The summed E-state index contributed by atoms with van der Waals surface area (Å²) in [7, 11) is 0. The molecule has 0 amide bonds. The van der Waals surface area contributed by atoms with Crippen molar-refractivity contribution in [2.75, 3.05) is 5.73 Å². The van der Waals surface area contributed by atoms with Crippen LogP contribution in [0.4, 0.5) is 14.7 Å². The van der Waals surface area contributed by atoms with E-state index < -0.39 is 11.6 Å². The van der Waals surface area contributed by atoms with Gasteiger partial charge in [0.25, 0.3) is 0 Å². The summed E-state index contributed by atoms with van der Waals surface area (Å²) in [6.45, 7) is 4.26. The number of nitrogen functional groups attached to an aromatic ring is 1. The number of benzene rings is 1. The van der Waals surface area contributed by atoms with Gasteiger partial charge < -0.3 is 11.5 Å². The summed E-state index contributed by atoms with van der Waals surface area (Å²) in [6, 6.07) is 2.87. The maximum Gasteiger partial charge on any atom is 0.220 e. The van der Waals surface area contributed by atoms with Crippen LogP contribution < -0.4 is 11.5 Å². The summed E-state index contributed by atoms with van der Waals surface area (Å²) in [5.74, 6) is -1.20. The quantitative estimate of drug-likeness (QED) is 0.770. The molecule has 124 valence electrons. The summed E-state index contributed by atoms with van der Waals surface area (Å²) in [5, 5.41) is 0.597. The van der Waals surface area contributed by atoms with Crippen molar-refractivity contribution in [3.8, 4) is 11.3 Å². The van der Waals surface area contributed by atoms with Crippen LogP contribution in [0.25, 0.3) is 22.2 Å². The van der Waals surface area contributed by atoms with Crippen LogP contribution in [0.15, 0.2) is 24.5 Å². The molecule has 0 aliphatic rings. The van der Waals surface area contributed by atoms with E-state index in [1.54, 1.807) is 12.3 Å². The molecule has 0 atom stereocenters. The number of anilines is 1. The Morgan fingerprint density at radius 2 is 1.83 bits per heavy atom. The van der Waals surface area contributed by atoms with E-state index in [-0.39, 0.29) is 35.2 Å². The first-order valence-electron chi connectivity index (χ1n) is 7.51. The van der Waals surface area contributed by atoms with Crippen molar-refractivity contribution in [2.24, 2.45) is 5.73 Å². The molecule has 2 heterocycles. The molecule has 0 bridgehead atoms. The van der Waals surface area contributed by atoms with Crippen LogP contribution in [-0.4, -0.2) is 15.0 Å². The zero-order chi connectivity index (χ0) is 17.4. The van der Waals surface area contributed by atoms with Gasteiger partial charge in [-0.3, -0.25) is 4.98 Å². The van der Waals surface area contributed by atoms with Crippen LogP contribution in [0, 0.1) is 11.6 Å². The highest BCUT2D eigenvalue weighted by Gasteiger charge is 2.17. The van der Waals surface area contributed by atoms with Crippen molar-refractivity contribution in [1.29, 1.82) is 0 Å². The van der Waals surface area contributed by atoms with E-state index in [9.17, 15) is 8.78 Å². The Hall–Kier alpha value is -2.67. The van der Waals surface area contributed by atoms with Crippen LogP contribution >= 0.6 is 0 Å². The van der Waals surface area contributed by atoms with E-state index in [4.69, 9.17) is 11.5 Å². The fourth-order valence-electron chi connectivity index (χ4n) is 2.88. The maximum atomic E-state index is 14.6. The van der Waals surface area contributed by atoms with Crippen LogP contribution in [0.2, 0.25) is 0 Å². The Balaban J connectivity index is 2.36. The average molecular weight is 329 g/mol. The van der Waals surface area contributed by atoms with E-state index in [1.165, 1.54) is 6.07 Å². The van der Waals surface area contributed by atoms with Gasteiger partial charge in [-0.1, -0.05) is 13.8 Å². The number of aromatic nitrogens is 3. The van der Waals surface area contributed by atoms with Crippen molar-refractivity contribution in [2.45, 2.75) is 26.3 Å². The second-order valence-electron chi connectivity index (χ2n) is 5.83. The Morgan fingerprint density at radius 1 is 1.08 bits per heavy atom. The van der Waals surface area contributed by atoms with Gasteiger partial charge in [0, 0.05) is 23.7 Å². The average Bonchev–Trinajstić information content (AvgIpc) is 2.55. The fraction of sp³-hybridized carbons (Fsp3) is 0.235. The molecule has 24 heavy (non-hydrogen) atoms. The molecular weight excluding hydrogens is 312 g/mol. The molecule has 0 aliphatic carbocycles. The van der Waals surface area contributed by atoms with Gasteiger partial charge in [-0.2, -0.15) is 0 Å². The van der Waals surface area contributed by atoms with Crippen molar-refractivity contribution < 1.29 is 8.78 Å². The van der Waals surface area contributed by atoms with Gasteiger partial charge in [0.15, 0.2) is 5.82 Å². The lowest BCUT2D eigenvalue weighted by molar-refractivity contribution is 0.617. The number of halogens is 2. The normalized spacial score (nSPS) is 11.4. The minimum absolute atomic E-state index is 0.0452. The molecule has 4 N–H and O–H groups in total. The maximum absolute atomic E-state index is 14.6. The molecule has 0 aliphatic heterocycles. The van der Waals surface area contributed by atoms with Crippen molar-refractivity contribution in [1.82, 2.24) is 15.0 Å². The number of nitrogens with zero attached hydrogens (tertiary/aromatic N) is 3. The van der Waals surface area contributed by atoms with Gasteiger partial charge in [-0.05, 0) is 29.2 Å². The molecule has 0 spiro atoms. The summed E-state index contributed by atoms with van der Waals surface area (Å²) < 4.78 is 28.6. The second kappa shape index (κ2) is 6.09. The van der Waals surface area contributed by atoms with E-state index >= 15 is 0 Å². The van der Waals surface area contributed by atoms with Crippen molar-refractivity contribution in [3.63, 3.8) is 0 Å². The third-order valence-corrected chi connectivity index (χ3v) is 3.88. The lowest BCUT2D eigenvalue weighted by Crippen LogP contribution is -2.06. The summed E-state index contributed by atoms with van der Waals surface area (Å²) in [4.78, 5) is 11.6. The van der Waals surface area contributed by atoms with E-state index in [0.717, 1.165) is 17.3 Å². The summed E-state index contributed by atoms with van der Waals surface area (Å²) in [6.07, 6.45) is 2.56. The van der Waals surface area contributed by atoms with Gasteiger partial charge >= 0.3 is 0 Å². The Morgan fingerprint density at radius 3 is 2.50 bits per heavy atom. The number of hydrogen-bond acceptors (Lipinski definition) is 5. The minimum atomic E-state index is -0.669. The van der Waals surface area contributed by atoms with Gasteiger partial charge in [0.2, 0.25) is 5.95 Å². The second-order valence-corrected chi connectivity index (χ2v) is 5.83. The minimum Gasteiger partial charge on any atom is -0.368 e. The molecule has 5 nitrogen and oxygen atoms in total. The molecule has 1 aromatic carbocycles. The first kappa shape index (κ1) is 16.2. The summed E-state index contributed by atoms with van der Waals surface area (Å²) >= 11 is 0. The molecule has 0 radical (unpaired) electrons. The monoisotopic (exact) mass is 329 g/mol. The Bertz CT molecular complexity index is 924. The third kappa shape index (κ3) is 2.67. The molecule has 7 heteroatoms. The summed E-state index contributed by atoms with van der Waals surface area (Å²) in [5.41, 5.74) is 13.5. The molecule has 0 unspecified atom stereocenters. The van der Waals surface area contributed by atoms with E-state index in [1.807, 2.05) is 13.8 Å². The number of pyridine rings is 1. The largest absolute Gasteiger partial charge is 0.368 e. The zero-order valence-corrected chi connectivity index (χ0v) is 13.3. The van der Waals surface area contributed by atoms with Crippen LogP contribution in [0.3, 0.4) is 0 Å². The highest BCUT2D eigenvalue weighted by Crippen LogP contribution is 2.33. The molecule has 0 saturated heterocycles. The van der Waals surface area contributed by atoms with Gasteiger partial charge in [-0.15, -0.1) is 0 Å². The highest BCUT2D eigenvalue weighted by molar-refractivity contribution is 5.88. The Labute approximate surface area is 137 Å². The lowest BCUT2D eigenvalue weighted by atomic mass is 9.92. The van der Waals surface area contributed by atoms with Crippen LogP contribution in [0.5, 0.6) is 0 Å². The SMILES string of the molecule is CC(C)c1c(CN)cnc2c(F)cc(-c3nc(N)ncc3F)cc12. The molecule has 3 rings (SSSR count). The predicted octanol–water partition coefficient (Wildman–Crippen LogP) is 3.13. The highest BCUT2D eigenvalue weighted by atomic mass is 19.1. The Kier molecular flexibility index (Phi) is 4.11. The van der Waals surface area contributed by atoms with E-state index in [0.29, 0.717) is 5.39 Å². The molecule has 3 aromatic rings. The number of nitrogens with two attached hydrogens (primary N) is 2. The van der Waals surface area contributed by atoms with Gasteiger partial charge in [0.05, 0.1) is 6.20 Å². The number of fused-ring (bicyclic) bond motifs is 1. The number of rotatable bonds is 3. The van der Waals surface area contributed by atoms with Crippen LogP contribution in [0.1, 0.15) is 30.9 Å². The first-order chi connectivity index (χ1) is 11.4. The van der Waals surface area contributed by atoms with Crippen molar-refractivity contribution in [3.05, 3.63) is 47.3 Å². The van der Waals surface area contributed by atoms with Crippen LogP contribution in [-0.2, 0) is 6.54 Å². The standard InChI is InChI=1S/C17H17F2N5/c1-8(2)14-10(5-20)6-22-16-11(14)3-9(4-12(16)18)15-13(19)7-23-17(21)24-15/h3-4,6-8H,5,20H2,1-2H3,(H2,21,23,24). The molecule has 0 saturated carbocycles. The van der Waals surface area contributed by atoms with E-state index in [2.05, 4.69) is 15.0 Å².